The van der Waals surface area contributed by atoms with Crippen LogP contribution in [0, 0.1) is 5.39 Å². The van der Waals surface area contributed by atoms with Crippen LogP contribution in [-0.2, 0) is 10.4 Å². The lowest BCUT2D eigenvalue weighted by molar-refractivity contribution is 0.366. The van der Waals surface area contributed by atoms with Gasteiger partial charge in [0.2, 0.25) is 15.8 Å². The summed E-state index contributed by atoms with van der Waals surface area (Å²) in [4.78, 5) is 3.20. The molecule has 2 aromatic carbocycles. The lowest BCUT2D eigenvalue weighted by Gasteiger charge is -2.02. The Hall–Kier alpha value is -2.47. The smallest absolute Gasteiger partial charge is 0.408 e. The van der Waals surface area contributed by atoms with Gasteiger partial charge in [0.05, 0.1) is 0 Å². The van der Waals surface area contributed by atoms with Crippen LogP contribution in [0.2, 0.25) is 0 Å². The number of benzene rings is 2. The van der Waals surface area contributed by atoms with Crippen LogP contribution in [0.3, 0.4) is 0 Å². The molecule has 0 aliphatic rings. The van der Waals surface area contributed by atoms with E-state index in [-0.39, 0.29) is 0 Å². The van der Waals surface area contributed by atoms with Crippen molar-refractivity contribution in [3.05, 3.63) is 59.6 Å². The van der Waals surface area contributed by atoms with E-state index in [1.807, 2.05) is 48.5 Å². The fourth-order valence-electron chi connectivity index (χ4n) is 1.34. The Bertz CT molecular complexity index is 688. The molecule has 2 aromatic rings. The van der Waals surface area contributed by atoms with Gasteiger partial charge in [-0.2, -0.15) is 0 Å². The number of nitrogens with one attached hydrogen (secondary N) is 1. The summed E-state index contributed by atoms with van der Waals surface area (Å²) in [5, 5.41) is 12.0. The first-order valence-corrected chi connectivity index (χ1v) is 6.71. The second-order valence-electron chi connectivity index (χ2n) is 3.54. The fraction of sp³-hybridized carbons (Fsp3) is 0. The molecule has 0 aliphatic heterocycles. The maximum absolute atomic E-state index is 8.78. The average molecular weight is 293 g/mol. The standard InChI is InChI=1S/C12H10N3.H2O4S/c13-15-12-9-5-4-8-11(12)14-10-6-2-1-3-7-10;1-5(2,3)4/h1-9,14H;(H2,1,2,3,4)/q+1;/p-1. The second-order valence-corrected chi connectivity index (χ2v) is 4.39. The number of hydrogen-bond acceptors (Lipinski definition) is 5. The highest BCUT2D eigenvalue weighted by Gasteiger charge is 2.11. The summed E-state index contributed by atoms with van der Waals surface area (Å²) in [5.41, 5.74) is 2.28. The first-order valence-electron chi connectivity index (χ1n) is 5.34. The van der Waals surface area contributed by atoms with E-state index >= 15 is 0 Å². The highest BCUT2D eigenvalue weighted by Crippen LogP contribution is 2.27. The summed E-state index contributed by atoms with van der Waals surface area (Å²) in [6, 6.07) is 17.1. The monoisotopic (exact) mass is 293 g/mol. The summed E-state index contributed by atoms with van der Waals surface area (Å²) in [7, 11) is -4.92. The van der Waals surface area contributed by atoms with Gasteiger partial charge in [0.1, 0.15) is 5.69 Å². The van der Waals surface area contributed by atoms with Crippen LogP contribution in [0.4, 0.5) is 17.1 Å². The molecule has 8 heteroatoms. The first-order chi connectivity index (χ1) is 9.40. The minimum atomic E-state index is -4.92. The Balaban J connectivity index is 0.000000347. The summed E-state index contributed by atoms with van der Waals surface area (Å²) >= 11 is 0. The molecular weight excluding hydrogens is 282 g/mol. The maximum atomic E-state index is 8.78. The minimum absolute atomic E-state index is 0.529. The van der Waals surface area contributed by atoms with Gasteiger partial charge in [-0.05, 0) is 18.2 Å². The van der Waals surface area contributed by atoms with Crippen molar-refractivity contribution in [3.8, 4) is 0 Å². The van der Waals surface area contributed by atoms with Gasteiger partial charge in [-0.15, -0.1) is 0 Å². The van der Waals surface area contributed by atoms with Crippen LogP contribution in [-0.4, -0.2) is 17.5 Å². The van der Waals surface area contributed by atoms with Crippen LogP contribution < -0.4 is 5.32 Å². The van der Waals surface area contributed by atoms with Crippen LogP contribution in [0.15, 0.2) is 54.6 Å². The molecule has 0 saturated heterocycles. The van der Waals surface area contributed by atoms with E-state index in [1.54, 1.807) is 6.07 Å². The van der Waals surface area contributed by atoms with E-state index in [0.29, 0.717) is 5.69 Å². The molecule has 0 spiro atoms. The molecular formula is C12H11N3O4S. The second kappa shape index (κ2) is 7.20. The number of hydrogen-bond donors (Lipinski definition) is 2. The van der Waals surface area contributed by atoms with Crippen LogP contribution in [0.1, 0.15) is 0 Å². The Kier molecular flexibility index (Phi) is 5.61. The highest BCUT2D eigenvalue weighted by molar-refractivity contribution is 7.79. The van der Waals surface area contributed by atoms with E-state index in [4.69, 9.17) is 22.9 Å². The topological polar surface area (TPSA) is 118 Å². The summed E-state index contributed by atoms with van der Waals surface area (Å²) in [6.45, 7) is 0. The van der Waals surface area contributed by atoms with Gasteiger partial charge >= 0.3 is 5.69 Å². The molecule has 0 saturated carbocycles. The Labute approximate surface area is 116 Å². The van der Waals surface area contributed by atoms with Crippen molar-refractivity contribution < 1.29 is 17.5 Å². The van der Waals surface area contributed by atoms with E-state index in [0.717, 1.165) is 11.4 Å². The maximum Gasteiger partial charge on any atom is 0.408 e. The predicted octanol–water partition coefficient (Wildman–Crippen LogP) is 2.92. The fourth-order valence-corrected chi connectivity index (χ4v) is 1.34. The molecule has 0 aliphatic carbocycles. The molecule has 0 bridgehead atoms. The van der Waals surface area contributed by atoms with Crippen molar-refractivity contribution in [1.29, 1.82) is 5.39 Å². The first kappa shape index (κ1) is 15.6. The zero-order valence-corrected chi connectivity index (χ0v) is 11.0. The summed E-state index contributed by atoms with van der Waals surface area (Å²) < 4.78 is 32.8. The lowest BCUT2D eigenvalue weighted by atomic mass is 10.2. The van der Waals surface area contributed by atoms with Crippen molar-refractivity contribution in [2.45, 2.75) is 0 Å². The number of anilines is 2. The zero-order valence-electron chi connectivity index (χ0n) is 10.2. The van der Waals surface area contributed by atoms with Crippen LogP contribution in [0.25, 0.3) is 4.98 Å². The Morgan fingerprint density at radius 1 is 1.05 bits per heavy atom. The molecule has 0 unspecified atom stereocenters. The Morgan fingerprint density at radius 3 is 2.10 bits per heavy atom. The minimum Gasteiger partial charge on any atom is -0.726 e. The number of nitrogens with zero attached hydrogens (tertiary/aromatic N) is 2. The van der Waals surface area contributed by atoms with E-state index < -0.39 is 10.4 Å². The summed E-state index contributed by atoms with van der Waals surface area (Å²) in [5.74, 6) is 0. The third-order valence-electron chi connectivity index (χ3n) is 2.06. The van der Waals surface area contributed by atoms with E-state index in [2.05, 4.69) is 10.3 Å². The lowest BCUT2D eigenvalue weighted by Crippen LogP contribution is -1.90. The molecule has 0 heterocycles. The van der Waals surface area contributed by atoms with Gasteiger partial charge in [0.15, 0.2) is 4.98 Å². The number of rotatable bonds is 2. The number of para-hydroxylation sites is 2. The zero-order chi connectivity index (χ0) is 15.0. The largest absolute Gasteiger partial charge is 0.726 e. The molecule has 2 rings (SSSR count). The van der Waals surface area contributed by atoms with Gasteiger partial charge in [0, 0.05) is 11.8 Å². The predicted molar refractivity (Wildman–Crippen MR) is 73.2 cm³/mol. The third kappa shape index (κ3) is 6.46. The molecule has 2 N–H and O–H groups in total. The van der Waals surface area contributed by atoms with Gasteiger partial charge < -0.3 is 9.87 Å². The van der Waals surface area contributed by atoms with Gasteiger partial charge in [0.25, 0.3) is 0 Å². The van der Waals surface area contributed by atoms with Gasteiger partial charge in [-0.3, -0.25) is 4.55 Å². The molecule has 0 radical (unpaired) electrons. The van der Waals surface area contributed by atoms with Crippen LogP contribution >= 0.6 is 0 Å². The highest BCUT2D eigenvalue weighted by atomic mass is 32.3. The Morgan fingerprint density at radius 2 is 1.55 bits per heavy atom. The van der Waals surface area contributed by atoms with E-state index in [9.17, 15) is 0 Å². The molecule has 104 valence electrons. The molecule has 0 amide bonds. The summed E-state index contributed by atoms with van der Waals surface area (Å²) in [6.07, 6.45) is 0. The van der Waals surface area contributed by atoms with Crippen molar-refractivity contribution in [2.24, 2.45) is 0 Å². The van der Waals surface area contributed by atoms with Crippen molar-refractivity contribution in [2.75, 3.05) is 5.32 Å². The van der Waals surface area contributed by atoms with Crippen LogP contribution in [0.5, 0.6) is 0 Å². The molecule has 7 nitrogen and oxygen atoms in total. The average Bonchev–Trinajstić information content (AvgIpc) is 2.39. The van der Waals surface area contributed by atoms with Crippen molar-refractivity contribution in [3.63, 3.8) is 0 Å². The van der Waals surface area contributed by atoms with Crippen molar-refractivity contribution in [1.82, 2.24) is 0 Å². The normalized spacial score (nSPS) is 9.85. The SMILES string of the molecule is N#[N+]c1ccccc1Nc1ccccc1.O=S(=O)([O-])O. The van der Waals surface area contributed by atoms with Crippen molar-refractivity contribution >= 4 is 27.5 Å². The molecule has 0 atom stereocenters. The molecule has 20 heavy (non-hydrogen) atoms. The van der Waals surface area contributed by atoms with E-state index in [1.165, 1.54) is 0 Å². The number of diazo groups is 1. The molecule has 0 aromatic heterocycles. The van der Waals surface area contributed by atoms with Gasteiger partial charge in [-0.1, -0.05) is 30.3 Å². The molecule has 0 fully saturated rings. The van der Waals surface area contributed by atoms with Gasteiger partial charge in [-0.25, -0.2) is 8.42 Å². The third-order valence-corrected chi connectivity index (χ3v) is 2.06. The quantitative estimate of drug-likeness (QED) is 0.499.